The number of carbonyl (C=O) groups is 4. The quantitative estimate of drug-likeness (QED) is 0.309. The van der Waals surface area contributed by atoms with Gasteiger partial charge in [0.05, 0.1) is 24.9 Å². The maximum atomic E-state index is 14.3. The van der Waals surface area contributed by atoms with Crippen LogP contribution in [-0.4, -0.2) is 36.4 Å². The van der Waals surface area contributed by atoms with Gasteiger partial charge in [0.2, 0.25) is 0 Å². The van der Waals surface area contributed by atoms with Gasteiger partial charge in [-0.15, -0.1) is 0 Å². The van der Waals surface area contributed by atoms with Crippen molar-refractivity contribution in [2.75, 3.05) is 6.61 Å². The number of carbonyl (C=O) groups excluding carboxylic acids is 4. The molecule has 8 atom stereocenters. The summed E-state index contributed by atoms with van der Waals surface area (Å²) in [7, 11) is 0. The van der Waals surface area contributed by atoms with Gasteiger partial charge < -0.3 is 18.6 Å². The number of cyclic esters (lactones) is 2. The molecule has 206 valence electrons. The highest BCUT2D eigenvalue weighted by atomic mass is 16.6. The summed E-state index contributed by atoms with van der Waals surface area (Å²) in [5.74, 6) is -2.62. The summed E-state index contributed by atoms with van der Waals surface area (Å²) in [6.45, 7) is 9.54. The molecule has 5 aliphatic rings. The van der Waals surface area contributed by atoms with E-state index in [9.17, 15) is 19.2 Å². The van der Waals surface area contributed by atoms with Crippen molar-refractivity contribution in [3.05, 3.63) is 59.1 Å². The van der Waals surface area contributed by atoms with Crippen LogP contribution >= 0.6 is 0 Å². The SMILES string of the molecule is C/C=C(\C)C(=O)O[C@@H]1C2C=C3C4=CC(=O)O[C@@H](c5ccoc5)[C@]4(C)CC[C@@H]3[C@@](C)(C2=O)[C@H]2CC(=O)OC[C@]12C. The molecule has 3 fully saturated rings. The van der Waals surface area contributed by atoms with Gasteiger partial charge in [-0.05, 0) is 55.7 Å². The van der Waals surface area contributed by atoms with E-state index in [1.165, 1.54) is 0 Å². The monoisotopic (exact) mass is 534 g/mol. The van der Waals surface area contributed by atoms with E-state index in [0.29, 0.717) is 18.4 Å². The van der Waals surface area contributed by atoms with Crippen molar-refractivity contribution in [1.82, 2.24) is 0 Å². The molecule has 0 amide bonds. The molecule has 0 radical (unpaired) electrons. The zero-order valence-electron chi connectivity index (χ0n) is 22.9. The average molecular weight is 535 g/mol. The summed E-state index contributed by atoms with van der Waals surface area (Å²) in [5.41, 5.74) is 0.824. The first-order valence-electron chi connectivity index (χ1n) is 13.7. The van der Waals surface area contributed by atoms with Crippen molar-refractivity contribution in [3.63, 3.8) is 0 Å². The Hall–Kier alpha value is -3.42. The summed E-state index contributed by atoms with van der Waals surface area (Å²) in [6, 6.07) is 1.81. The Morgan fingerprint density at radius 3 is 2.64 bits per heavy atom. The fraction of sp³-hybridized carbons (Fsp3) is 0.548. The molecule has 8 nitrogen and oxygen atoms in total. The van der Waals surface area contributed by atoms with Gasteiger partial charge in [0.15, 0.2) is 0 Å². The Labute approximate surface area is 227 Å². The van der Waals surface area contributed by atoms with Crippen LogP contribution in [0.25, 0.3) is 0 Å². The van der Waals surface area contributed by atoms with Crippen LogP contribution in [0.2, 0.25) is 0 Å². The number of ether oxygens (including phenoxy) is 3. The number of hydrogen-bond donors (Lipinski definition) is 0. The second kappa shape index (κ2) is 8.54. The molecule has 6 rings (SSSR count). The number of furan rings is 1. The smallest absolute Gasteiger partial charge is 0.333 e. The van der Waals surface area contributed by atoms with Crippen LogP contribution in [0.1, 0.15) is 65.5 Å². The molecule has 39 heavy (non-hydrogen) atoms. The number of fused-ring (bicyclic) bond motifs is 8. The molecule has 1 unspecified atom stereocenters. The van der Waals surface area contributed by atoms with Crippen LogP contribution in [0.4, 0.5) is 0 Å². The van der Waals surface area contributed by atoms with Crippen molar-refractivity contribution in [2.45, 2.75) is 66.1 Å². The average Bonchev–Trinajstić information content (AvgIpc) is 3.44. The fourth-order valence-electron chi connectivity index (χ4n) is 8.22. The summed E-state index contributed by atoms with van der Waals surface area (Å²) in [4.78, 5) is 53.0. The molecule has 3 aliphatic carbocycles. The van der Waals surface area contributed by atoms with Crippen LogP contribution in [-0.2, 0) is 33.4 Å². The molecule has 2 bridgehead atoms. The van der Waals surface area contributed by atoms with E-state index in [-0.39, 0.29) is 30.7 Å². The second-order valence-electron chi connectivity index (χ2n) is 12.5. The summed E-state index contributed by atoms with van der Waals surface area (Å²) < 4.78 is 22.8. The van der Waals surface area contributed by atoms with Crippen molar-refractivity contribution < 1.29 is 37.8 Å². The maximum absolute atomic E-state index is 14.3. The Bertz CT molecular complexity index is 1360. The third kappa shape index (κ3) is 3.42. The van der Waals surface area contributed by atoms with Gasteiger partial charge in [0.25, 0.3) is 0 Å². The fourth-order valence-corrected chi connectivity index (χ4v) is 8.22. The van der Waals surface area contributed by atoms with E-state index in [0.717, 1.165) is 16.7 Å². The summed E-state index contributed by atoms with van der Waals surface area (Å²) in [6.07, 6.45) is 8.43. The van der Waals surface area contributed by atoms with Crippen LogP contribution in [0.15, 0.2) is 58.0 Å². The van der Waals surface area contributed by atoms with Crippen molar-refractivity contribution in [2.24, 2.45) is 34.0 Å². The number of rotatable bonds is 3. The highest BCUT2D eigenvalue weighted by Crippen LogP contribution is 2.68. The van der Waals surface area contributed by atoms with Crippen molar-refractivity contribution in [1.29, 1.82) is 0 Å². The Kier molecular flexibility index (Phi) is 5.66. The normalized spacial score (nSPS) is 41.2. The molecule has 1 aromatic rings. The van der Waals surface area contributed by atoms with Crippen LogP contribution < -0.4 is 0 Å². The Morgan fingerprint density at radius 2 is 1.95 bits per heavy atom. The highest BCUT2D eigenvalue weighted by molar-refractivity contribution is 5.96. The molecular weight excluding hydrogens is 500 g/mol. The van der Waals surface area contributed by atoms with Crippen LogP contribution in [0, 0.1) is 34.0 Å². The predicted octanol–water partition coefficient (Wildman–Crippen LogP) is 4.81. The topological polar surface area (TPSA) is 109 Å². The minimum absolute atomic E-state index is 0.0154. The van der Waals surface area contributed by atoms with Crippen LogP contribution in [0.3, 0.4) is 0 Å². The minimum atomic E-state index is -0.893. The molecule has 8 heteroatoms. The van der Waals surface area contributed by atoms with E-state index in [4.69, 9.17) is 18.6 Å². The lowest BCUT2D eigenvalue weighted by atomic mass is 9.41. The molecule has 2 saturated carbocycles. The van der Waals surface area contributed by atoms with Gasteiger partial charge in [0.1, 0.15) is 24.6 Å². The number of hydrogen-bond acceptors (Lipinski definition) is 8. The first-order chi connectivity index (χ1) is 18.4. The largest absolute Gasteiger partial charge is 0.472 e. The zero-order chi connectivity index (χ0) is 27.9. The lowest BCUT2D eigenvalue weighted by Crippen LogP contribution is -2.69. The van der Waals surface area contributed by atoms with Gasteiger partial charge in [-0.25, -0.2) is 9.59 Å². The van der Waals surface area contributed by atoms with E-state index in [1.54, 1.807) is 38.5 Å². The standard InChI is InChI=1S/C31H34O8/c1-6-16(2)28(35)39-27-19-11-18-20(31(5,25(19)34)22-13-23(32)37-15-30(22,27)4)7-9-29(3)21(18)12-24(33)38-26(29)17-8-10-36-14-17/h6,8,10-12,14,19-20,22,26-27H,7,9,13,15H2,1-5H3/b16-6+/t19?,20-,22-,26-,27+,29+,30-,31+/m0/s1. The third-order valence-electron chi connectivity index (χ3n) is 10.5. The molecule has 3 heterocycles. The number of ketones is 1. The van der Waals surface area contributed by atoms with Gasteiger partial charge in [-0.3, -0.25) is 9.59 Å². The first-order valence-corrected chi connectivity index (χ1v) is 13.7. The number of esters is 3. The maximum Gasteiger partial charge on any atom is 0.333 e. The van der Waals surface area contributed by atoms with Crippen molar-refractivity contribution >= 4 is 23.7 Å². The highest BCUT2D eigenvalue weighted by Gasteiger charge is 2.70. The molecule has 0 spiro atoms. The Morgan fingerprint density at radius 1 is 1.18 bits per heavy atom. The second-order valence-corrected chi connectivity index (χ2v) is 12.5. The first kappa shape index (κ1) is 25.8. The molecule has 1 saturated heterocycles. The van der Waals surface area contributed by atoms with E-state index in [2.05, 4.69) is 6.92 Å². The predicted molar refractivity (Wildman–Crippen MR) is 138 cm³/mol. The molecule has 0 N–H and O–H groups in total. The molecule has 1 aromatic heterocycles. The summed E-state index contributed by atoms with van der Waals surface area (Å²) in [5, 5.41) is 0. The number of allylic oxidation sites excluding steroid dienone is 2. The van der Waals surface area contributed by atoms with E-state index >= 15 is 0 Å². The number of Topliss-reactive ketones (excluding diaryl/α,β-unsaturated/α-hetero) is 1. The Balaban J connectivity index is 1.52. The molecular formula is C31H34O8. The molecule has 2 aliphatic heterocycles. The van der Waals surface area contributed by atoms with Gasteiger partial charge >= 0.3 is 17.9 Å². The molecule has 0 aromatic carbocycles. The van der Waals surface area contributed by atoms with E-state index in [1.807, 2.05) is 26.0 Å². The summed E-state index contributed by atoms with van der Waals surface area (Å²) >= 11 is 0. The zero-order valence-corrected chi connectivity index (χ0v) is 22.9. The van der Waals surface area contributed by atoms with Crippen LogP contribution in [0.5, 0.6) is 0 Å². The van der Waals surface area contributed by atoms with E-state index < -0.39 is 52.2 Å². The lowest BCUT2D eigenvalue weighted by molar-refractivity contribution is -0.214. The minimum Gasteiger partial charge on any atom is -0.472 e. The van der Waals surface area contributed by atoms with Gasteiger partial charge in [-0.1, -0.05) is 32.9 Å². The van der Waals surface area contributed by atoms with Gasteiger partial charge in [0, 0.05) is 33.5 Å². The van der Waals surface area contributed by atoms with Gasteiger partial charge in [-0.2, -0.15) is 0 Å². The van der Waals surface area contributed by atoms with Crippen molar-refractivity contribution in [3.8, 4) is 0 Å². The third-order valence-corrected chi connectivity index (χ3v) is 10.5. The lowest BCUT2D eigenvalue weighted by Gasteiger charge is -2.63.